The lowest BCUT2D eigenvalue weighted by Crippen LogP contribution is -2.50. The first-order valence-electron chi connectivity index (χ1n) is 10.2. The highest BCUT2D eigenvalue weighted by Gasteiger charge is 2.31. The monoisotopic (exact) mass is 535 g/mol. The van der Waals surface area contributed by atoms with Crippen molar-refractivity contribution in [3.05, 3.63) is 57.2 Å². The standard InChI is InChI=1S/C22H27Cl2N5O2.2ClH/c1-12-15(3-6-20(25)28-12)11-27-21(30)13(2)29-22(31)19-8-14(10-26-19)7-16-9-17(23)4-5-18(16)24;;/h3-6,9,13-14,19,26H,7-8,10-11H2,1-2H3,(H2,25,28)(H,27,30)(H,29,31);2*1H/t13-,14-,19+;;/m0../s1. The number of amides is 2. The van der Waals surface area contributed by atoms with Crippen LogP contribution in [0.1, 0.15) is 30.2 Å². The Labute approximate surface area is 216 Å². The van der Waals surface area contributed by atoms with Crippen molar-refractivity contribution in [2.45, 2.75) is 45.3 Å². The van der Waals surface area contributed by atoms with Gasteiger partial charge in [-0.2, -0.15) is 0 Å². The molecule has 0 spiro atoms. The number of hydrogen-bond acceptors (Lipinski definition) is 5. The smallest absolute Gasteiger partial charge is 0.242 e. The number of aromatic nitrogens is 1. The Morgan fingerprint density at radius 3 is 2.64 bits per heavy atom. The van der Waals surface area contributed by atoms with E-state index in [1.807, 2.05) is 19.1 Å². The van der Waals surface area contributed by atoms with Crippen LogP contribution in [0.25, 0.3) is 0 Å². The molecule has 3 atom stereocenters. The number of nitrogens with two attached hydrogens (primary N) is 1. The Morgan fingerprint density at radius 2 is 1.94 bits per heavy atom. The molecule has 1 aliphatic rings. The highest BCUT2D eigenvalue weighted by Crippen LogP contribution is 2.26. The molecule has 0 saturated carbocycles. The molecule has 1 aromatic heterocycles. The van der Waals surface area contributed by atoms with Gasteiger partial charge in [-0.3, -0.25) is 9.59 Å². The molecule has 7 nitrogen and oxygen atoms in total. The number of halogens is 4. The van der Waals surface area contributed by atoms with Gasteiger partial charge >= 0.3 is 0 Å². The Bertz CT molecular complexity index is 976. The van der Waals surface area contributed by atoms with E-state index in [9.17, 15) is 9.59 Å². The van der Waals surface area contributed by atoms with Crippen molar-refractivity contribution in [3.63, 3.8) is 0 Å². The minimum absolute atomic E-state index is 0. The third kappa shape index (κ3) is 8.19. The van der Waals surface area contributed by atoms with Crippen LogP contribution in [0.4, 0.5) is 5.82 Å². The second-order valence-corrected chi connectivity index (χ2v) is 8.77. The van der Waals surface area contributed by atoms with Crippen LogP contribution in [0.2, 0.25) is 10.0 Å². The van der Waals surface area contributed by atoms with E-state index in [0.717, 1.165) is 23.2 Å². The molecule has 1 aliphatic heterocycles. The zero-order valence-electron chi connectivity index (χ0n) is 18.4. The number of nitrogens with zero attached hydrogens (tertiary/aromatic N) is 1. The van der Waals surface area contributed by atoms with Crippen LogP contribution >= 0.6 is 48.0 Å². The molecule has 1 fully saturated rings. The van der Waals surface area contributed by atoms with Gasteiger partial charge in [0.2, 0.25) is 11.8 Å². The number of carbonyl (C=O) groups excluding carboxylic acids is 2. The first-order valence-corrected chi connectivity index (χ1v) is 11.0. The SMILES string of the molecule is Cc1nc(N)ccc1CNC(=O)[C@H](C)NC(=O)[C@H]1C[C@H](Cc2cc(Cl)ccc2Cl)CN1.Cl.Cl. The van der Waals surface area contributed by atoms with Crippen molar-refractivity contribution in [1.82, 2.24) is 20.9 Å². The minimum atomic E-state index is -0.655. The summed E-state index contributed by atoms with van der Waals surface area (Å²) >= 11 is 12.3. The molecule has 0 bridgehead atoms. The fourth-order valence-corrected chi connectivity index (χ4v) is 4.08. The lowest BCUT2D eigenvalue weighted by atomic mass is 9.96. The molecular weight excluding hydrogens is 508 g/mol. The van der Waals surface area contributed by atoms with Gasteiger partial charge in [-0.1, -0.05) is 29.3 Å². The summed E-state index contributed by atoms with van der Waals surface area (Å²) in [5.41, 5.74) is 8.26. The molecule has 2 heterocycles. The number of nitrogens with one attached hydrogen (secondary N) is 3. The third-order valence-electron chi connectivity index (χ3n) is 5.48. The number of pyridine rings is 1. The van der Waals surface area contributed by atoms with Gasteiger partial charge < -0.3 is 21.7 Å². The zero-order valence-corrected chi connectivity index (χ0v) is 21.5. The number of benzene rings is 1. The lowest BCUT2D eigenvalue weighted by Gasteiger charge is -2.17. The van der Waals surface area contributed by atoms with Crippen LogP contribution in [-0.2, 0) is 22.6 Å². The summed E-state index contributed by atoms with van der Waals surface area (Å²) < 4.78 is 0. The maximum atomic E-state index is 12.6. The first-order chi connectivity index (χ1) is 14.7. The summed E-state index contributed by atoms with van der Waals surface area (Å²) in [6, 6.07) is 7.93. The van der Waals surface area contributed by atoms with Crippen LogP contribution in [0.15, 0.2) is 30.3 Å². The molecule has 3 rings (SSSR count). The topological polar surface area (TPSA) is 109 Å². The molecule has 11 heteroatoms. The fourth-order valence-electron chi connectivity index (χ4n) is 3.69. The molecule has 1 saturated heterocycles. The van der Waals surface area contributed by atoms with E-state index in [4.69, 9.17) is 28.9 Å². The summed E-state index contributed by atoms with van der Waals surface area (Å²) in [4.78, 5) is 29.2. The van der Waals surface area contributed by atoms with E-state index in [0.29, 0.717) is 35.4 Å². The number of hydrogen-bond donors (Lipinski definition) is 4. The Balaban J connectivity index is 0.00000272. The van der Waals surface area contributed by atoms with E-state index >= 15 is 0 Å². The molecular formula is C22H29Cl4N5O2. The Kier molecular flexibility index (Phi) is 11.7. The molecule has 0 aliphatic carbocycles. The van der Waals surface area contributed by atoms with Gasteiger partial charge in [-0.25, -0.2) is 4.98 Å². The molecule has 182 valence electrons. The van der Waals surface area contributed by atoms with Crippen LogP contribution < -0.4 is 21.7 Å². The lowest BCUT2D eigenvalue weighted by molar-refractivity contribution is -0.129. The predicted molar refractivity (Wildman–Crippen MR) is 137 cm³/mol. The molecule has 5 N–H and O–H groups in total. The average molecular weight is 537 g/mol. The maximum absolute atomic E-state index is 12.6. The van der Waals surface area contributed by atoms with Gasteiger partial charge in [-0.05, 0) is 74.5 Å². The second-order valence-electron chi connectivity index (χ2n) is 7.93. The maximum Gasteiger partial charge on any atom is 0.242 e. The van der Waals surface area contributed by atoms with Crippen LogP contribution in [0, 0.1) is 12.8 Å². The zero-order chi connectivity index (χ0) is 22.5. The number of nitrogen functional groups attached to an aromatic ring is 1. The van der Waals surface area contributed by atoms with Crippen LogP contribution in [0.5, 0.6) is 0 Å². The Morgan fingerprint density at radius 1 is 1.21 bits per heavy atom. The van der Waals surface area contributed by atoms with E-state index < -0.39 is 6.04 Å². The predicted octanol–water partition coefficient (Wildman–Crippen LogP) is 3.46. The van der Waals surface area contributed by atoms with Crippen molar-refractivity contribution in [3.8, 4) is 0 Å². The van der Waals surface area contributed by atoms with Gasteiger partial charge in [0.05, 0.1) is 6.04 Å². The van der Waals surface area contributed by atoms with Crippen molar-refractivity contribution >= 4 is 65.6 Å². The normalized spacial score (nSPS) is 17.9. The largest absolute Gasteiger partial charge is 0.384 e. The van der Waals surface area contributed by atoms with Crippen LogP contribution in [0.3, 0.4) is 0 Å². The molecule has 2 aromatic rings. The molecule has 1 aromatic carbocycles. The quantitative estimate of drug-likeness (QED) is 0.433. The Hall–Kier alpha value is -1.77. The summed E-state index contributed by atoms with van der Waals surface area (Å²) in [6.45, 7) is 4.52. The molecule has 0 unspecified atom stereocenters. The molecule has 0 radical (unpaired) electrons. The number of carbonyl (C=O) groups is 2. The van der Waals surface area contributed by atoms with Crippen molar-refractivity contribution in [1.29, 1.82) is 0 Å². The van der Waals surface area contributed by atoms with Crippen LogP contribution in [-0.4, -0.2) is 35.4 Å². The van der Waals surface area contributed by atoms with Gasteiger partial charge in [0.25, 0.3) is 0 Å². The van der Waals surface area contributed by atoms with Crippen molar-refractivity contribution in [2.75, 3.05) is 12.3 Å². The van der Waals surface area contributed by atoms with Gasteiger partial charge in [0.1, 0.15) is 11.9 Å². The second kappa shape index (κ2) is 13.2. The van der Waals surface area contributed by atoms with Crippen molar-refractivity contribution in [2.24, 2.45) is 5.92 Å². The van der Waals surface area contributed by atoms with Gasteiger partial charge in [-0.15, -0.1) is 24.8 Å². The molecule has 33 heavy (non-hydrogen) atoms. The van der Waals surface area contributed by atoms with E-state index in [-0.39, 0.29) is 48.6 Å². The van der Waals surface area contributed by atoms with E-state index in [1.165, 1.54) is 0 Å². The summed E-state index contributed by atoms with van der Waals surface area (Å²) in [7, 11) is 0. The van der Waals surface area contributed by atoms with E-state index in [1.54, 1.807) is 25.1 Å². The summed E-state index contributed by atoms with van der Waals surface area (Å²) in [6.07, 6.45) is 1.40. The van der Waals surface area contributed by atoms with Gasteiger partial charge in [0, 0.05) is 22.3 Å². The van der Waals surface area contributed by atoms with E-state index in [2.05, 4.69) is 20.9 Å². The summed E-state index contributed by atoms with van der Waals surface area (Å²) in [5, 5.41) is 10.2. The number of anilines is 1. The highest BCUT2D eigenvalue weighted by atomic mass is 35.5. The average Bonchev–Trinajstić information content (AvgIpc) is 3.18. The van der Waals surface area contributed by atoms with Gasteiger partial charge in [0.15, 0.2) is 0 Å². The fraction of sp³-hybridized carbons (Fsp3) is 0.409. The molecule has 2 amide bonds. The van der Waals surface area contributed by atoms with Crippen molar-refractivity contribution < 1.29 is 9.59 Å². The highest BCUT2D eigenvalue weighted by molar-refractivity contribution is 6.33. The summed E-state index contributed by atoms with van der Waals surface area (Å²) in [5.74, 6) is 0.252. The third-order valence-corrected chi connectivity index (χ3v) is 6.08. The first kappa shape index (κ1) is 29.3. The minimum Gasteiger partial charge on any atom is -0.384 e. The number of rotatable bonds is 7. The number of aryl methyl sites for hydroxylation is 1.